The minimum Gasteiger partial charge on any atom is -0.492 e. The average Bonchev–Trinajstić information content (AvgIpc) is 3.66. The zero-order valence-corrected chi connectivity index (χ0v) is 21.3. The molecule has 39 heavy (non-hydrogen) atoms. The van der Waals surface area contributed by atoms with E-state index in [1.165, 1.54) is 24.3 Å². The van der Waals surface area contributed by atoms with Crippen molar-refractivity contribution in [1.29, 1.82) is 0 Å². The highest BCUT2D eigenvalue weighted by Crippen LogP contribution is 2.45. The van der Waals surface area contributed by atoms with Crippen molar-refractivity contribution in [2.75, 3.05) is 6.61 Å². The summed E-state index contributed by atoms with van der Waals surface area (Å²) in [6.45, 7) is 4.09. The van der Waals surface area contributed by atoms with E-state index in [1.807, 2.05) is 31.2 Å². The van der Waals surface area contributed by atoms with E-state index in [2.05, 4.69) is 15.0 Å². The minimum absolute atomic E-state index is 0.00485. The van der Waals surface area contributed by atoms with E-state index in [9.17, 15) is 13.6 Å². The normalized spacial score (nSPS) is 16.3. The molecule has 1 atom stereocenters. The summed E-state index contributed by atoms with van der Waals surface area (Å²) in [5.74, 6) is -0.591. The summed E-state index contributed by atoms with van der Waals surface area (Å²) in [6, 6.07) is 13.1. The van der Waals surface area contributed by atoms with E-state index in [0.29, 0.717) is 35.7 Å². The maximum Gasteiger partial charge on any atom is 0.303 e. The van der Waals surface area contributed by atoms with Gasteiger partial charge in [-0.1, -0.05) is 18.2 Å². The number of benzene rings is 3. The Kier molecular flexibility index (Phi) is 5.86. The summed E-state index contributed by atoms with van der Waals surface area (Å²) in [7, 11) is 0. The van der Waals surface area contributed by atoms with Crippen molar-refractivity contribution < 1.29 is 28.2 Å². The smallest absolute Gasteiger partial charge is 0.303 e. The number of hydrogen-bond acceptors (Lipinski definition) is 4. The molecule has 0 radical (unpaired) electrons. The van der Waals surface area contributed by atoms with E-state index in [4.69, 9.17) is 14.6 Å². The van der Waals surface area contributed by atoms with E-state index < -0.39 is 23.0 Å². The molecule has 0 saturated heterocycles. The third-order valence-corrected chi connectivity index (χ3v) is 7.40. The van der Waals surface area contributed by atoms with Crippen LogP contribution in [0.3, 0.4) is 0 Å². The van der Waals surface area contributed by atoms with Crippen LogP contribution in [0.4, 0.5) is 8.78 Å². The highest BCUT2D eigenvalue weighted by atomic mass is 19.1. The van der Waals surface area contributed by atoms with Gasteiger partial charge in [0.05, 0.1) is 11.0 Å². The molecule has 2 aromatic heterocycles. The molecule has 3 heterocycles. The van der Waals surface area contributed by atoms with Crippen molar-refractivity contribution in [3.63, 3.8) is 0 Å². The standard InChI is InChI=1S/C30H25F2N3O4/c1-16-19-10-11-33-24(19)13-23(32)27(16)39-18-7-8-22(31)20(12-18)29-34-14-25(35-29)30(2)15-38-28-17(6-9-26(36)37)4-3-5-21(28)30/h3-5,7-8,10-14,33H,6,9,15H2,1-2H3,(H,34,35)(H,36,37). The summed E-state index contributed by atoms with van der Waals surface area (Å²) in [5, 5.41) is 9.92. The second-order valence-electron chi connectivity index (χ2n) is 9.95. The van der Waals surface area contributed by atoms with Gasteiger partial charge in [-0.25, -0.2) is 13.8 Å². The maximum absolute atomic E-state index is 15.0. The van der Waals surface area contributed by atoms with Gasteiger partial charge in [0, 0.05) is 52.6 Å². The number of aromatic amines is 2. The van der Waals surface area contributed by atoms with E-state index in [0.717, 1.165) is 22.2 Å². The fraction of sp³-hybridized carbons (Fsp3) is 0.200. The van der Waals surface area contributed by atoms with Crippen molar-refractivity contribution in [2.24, 2.45) is 0 Å². The third-order valence-electron chi connectivity index (χ3n) is 7.40. The number of carboxylic acids is 1. The lowest BCUT2D eigenvalue weighted by Crippen LogP contribution is -2.25. The molecule has 3 N–H and O–H groups in total. The molecule has 5 aromatic rings. The summed E-state index contributed by atoms with van der Waals surface area (Å²) >= 11 is 0. The number of halogens is 2. The molecule has 0 saturated carbocycles. The van der Waals surface area contributed by atoms with E-state index >= 15 is 0 Å². The van der Waals surface area contributed by atoms with Gasteiger partial charge >= 0.3 is 5.97 Å². The largest absolute Gasteiger partial charge is 0.492 e. The van der Waals surface area contributed by atoms with Crippen LogP contribution in [0.5, 0.6) is 17.2 Å². The molecule has 9 heteroatoms. The Balaban J connectivity index is 1.32. The molecule has 198 valence electrons. The van der Waals surface area contributed by atoms with Crippen LogP contribution in [0.1, 0.15) is 35.7 Å². The SMILES string of the molecule is Cc1c(Oc2ccc(F)c(-c3ncc(C4(C)COc5c(CCC(=O)O)cccc54)[nH]3)c2)c(F)cc2[nH]ccc12. The monoisotopic (exact) mass is 529 g/mol. The zero-order valence-electron chi connectivity index (χ0n) is 21.3. The molecular formula is C30H25F2N3O4. The molecule has 0 amide bonds. The number of hydrogen-bond donors (Lipinski definition) is 3. The number of nitrogens with one attached hydrogen (secondary N) is 2. The lowest BCUT2D eigenvalue weighted by molar-refractivity contribution is -0.136. The van der Waals surface area contributed by atoms with Crippen LogP contribution < -0.4 is 9.47 Å². The minimum atomic E-state index is -0.872. The van der Waals surface area contributed by atoms with Crippen molar-refractivity contribution >= 4 is 16.9 Å². The first-order chi connectivity index (χ1) is 18.7. The number of carboxylic acid groups (broad SMARTS) is 1. The Morgan fingerprint density at radius 3 is 2.85 bits per heavy atom. The Morgan fingerprint density at radius 1 is 1.18 bits per heavy atom. The van der Waals surface area contributed by atoms with Crippen LogP contribution in [-0.2, 0) is 16.6 Å². The predicted octanol–water partition coefficient (Wildman–Crippen LogP) is 6.65. The Hall–Kier alpha value is -4.66. The number of aromatic nitrogens is 3. The van der Waals surface area contributed by atoms with Gasteiger partial charge in [-0.05, 0) is 50.1 Å². The van der Waals surface area contributed by atoms with Crippen LogP contribution in [-0.4, -0.2) is 32.6 Å². The molecule has 0 aliphatic carbocycles. The second kappa shape index (κ2) is 9.27. The van der Waals surface area contributed by atoms with Gasteiger partial charge in [-0.15, -0.1) is 0 Å². The van der Waals surface area contributed by atoms with Gasteiger partial charge in [-0.2, -0.15) is 0 Å². The number of carbonyl (C=O) groups is 1. The predicted molar refractivity (Wildman–Crippen MR) is 141 cm³/mol. The number of aliphatic carboxylic acids is 1. The molecular weight excluding hydrogens is 504 g/mol. The Morgan fingerprint density at radius 2 is 2.03 bits per heavy atom. The first kappa shape index (κ1) is 24.7. The molecule has 0 spiro atoms. The quantitative estimate of drug-likeness (QED) is 0.219. The van der Waals surface area contributed by atoms with Gasteiger partial charge in [0.1, 0.15) is 29.7 Å². The molecule has 1 unspecified atom stereocenters. The van der Waals surface area contributed by atoms with Gasteiger partial charge in [-0.3, -0.25) is 4.79 Å². The second-order valence-corrected chi connectivity index (χ2v) is 9.95. The first-order valence-corrected chi connectivity index (χ1v) is 12.5. The third kappa shape index (κ3) is 4.20. The molecule has 1 aliphatic heterocycles. The molecule has 3 aromatic carbocycles. The summed E-state index contributed by atoms with van der Waals surface area (Å²) in [4.78, 5) is 21.7. The highest BCUT2D eigenvalue weighted by molar-refractivity contribution is 5.85. The lowest BCUT2D eigenvalue weighted by Gasteiger charge is -2.21. The van der Waals surface area contributed by atoms with Crippen molar-refractivity contribution in [2.45, 2.75) is 32.1 Å². The van der Waals surface area contributed by atoms with Crippen molar-refractivity contribution in [1.82, 2.24) is 15.0 Å². The Bertz CT molecular complexity index is 1740. The summed E-state index contributed by atoms with van der Waals surface area (Å²) < 4.78 is 41.7. The number of aryl methyl sites for hydroxylation is 2. The lowest BCUT2D eigenvalue weighted by atomic mass is 9.81. The number of ether oxygens (including phenoxy) is 2. The van der Waals surface area contributed by atoms with Gasteiger partial charge in [0.15, 0.2) is 11.6 Å². The zero-order chi connectivity index (χ0) is 27.3. The number of rotatable bonds is 7. The van der Waals surface area contributed by atoms with Crippen LogP contribution in [0.2, 0.25) is 0 Å². The number of H-pyrrole nitrogens is 2. The molecule has 7 nitrogen and oxygen atoms in total. The van der Waals surface area contributed by atoms with Gasteiger partial charge in [0.25, 0.3) is 0 Å². The summed E-state index contributed by atoms with van der Waals surface area (Å²) in [5.41, 5.74) is 3.33. The van der Waals surface area contributed by atoms with Gasteiger partial charge < -0.3 is 24.5 Å². The van der Waals surface area contributed by atoms with Crippen LogP contribution in [0.25, 0.3) is 22.3 Å². The first-order valence-electron chi connectivity index (χ1n) is 12.5. The van der Waals surface area contributed by atoms with E-state index in [-0.39, 0.29) is 23.5 Å². The summed E-state index contributed by atoms with van der Waals surface area (Å²) in [6.07, 6.45) is 3.74. The molecule has 0 fully saturated rings. The van der Waals surface area contributed by atoms with E-state index in [1.54, 1.807) is 19.3 Å². The topological polar surface area (TPSA) is 100 Å². The van der Waals surface area contributed by atoms with Crippen LogP contribution in [0.15, 0.2) is 60.9 Å². The number of nitrogens with zero attached hydrogens (tertiary/aromatic N) is 1. The van der Waals surface area contributed by atoms with Crippen LogP contribution >= 0.6 is 0 Å². The number of fused-ring (bicyclic) bond motifs is 2. The molecule has 1 aliphatic rings. The number of imidazole rings is 1. The van der Waals surface area contributed by atoms with Crippen molar-refractivity contribution in [3.8, 4) is 28.6 Å². The average molecular weight is 530 g/mol. The number of para-hydroxylation sites is 1. The highest BCUT2D eigenvalue weighted by Gasteiger charge is 2.40. The molecule has 0 bridgehead atoms. The molecule has 6 rings (SSSR count). The Labute approximate surface area is 222 Å². The van der Waals surface area contributed by atoms with Crippen molar-refractivity contribution in [3.05, 3.63) is 94.9 Å². The fourth-order valence-electron chi connectivity index (χ4n) is 5.20. The maximum atomic E-state index is 15.0. The fourth-order valence-corrected chi connectivity index (χ4v) is 5.20. The van der Waals surface area contributed by atoms with Crippen LogP contribution in [0, 0.1) is 18.6 Å². The van der Waals surface area contributed by atoms with Gasteiger partial charge in [0.2, 0.25) is 0 Å².